The van der Waals surface area contributed by atoms with Gasteiger partial charge in [0, 0.05) is 45.3 Å². The second-order valence-electron chi connectivity index (χ2n) is 7.51. The Hall–Kier alpha value is -3.11. The summed E-state index contributed by atoms with van der Waals surface area (Å²) in [6.45, 7) is 4.83. The number of hydrogen-bond donors (Lipinski definition) is 0. The molecule has 4 rings (SSSR count). The summed E-state index contributed by atoms with van der Waals surface area (Å²) in [4.78, 5) is 43.1. The maximum atomic E-state index is 13.2. The summed E-state index contributed by atoms with van der Waals surface area (Å²) in [7, 11) is 0. The van der Waals surface area contributed by atoms with Gasteiger partial charge >= 0.3 is 0 Å². The van der Waals surface area contributed by atoms with Gasteiger partial charge in [-0.15, -0.1) is 0 Å². The number of carbonyl (C=O) groups excluding carboxylic acids is 2. The molecule has 31 heavy (non-hydrogen) atoms. The van der Waals surface area contributed by atoms with Crippen molar-refractivity contribution >= 4 is 11.8 Å². The van der Waals surface area contributed by atoms with Crippen molar-refractivity contribution in [2.75, 3.05) is 59.0 Å². The van der Waals surface area contributed by atoms with Crippen LogP contribution in [0.3, 0.4) is 0 Å². The van der Waals surface area contributed by atoms with Gasteiger partial charge in [-0.25, -0.2) is 4.39 Å². The number of rotatable bonds is 4. The lowest BCUT2D eigenvalue weighted by atomic mass is 10.2. The molecule has 3 heterocycles. The summed E-state index contributed by atoms with van der Waals surface area (Å²) in [5.41, 5.74) is 0.0817. The van der Waals surface area contributed by atoms with Gasteiger partial charge in [0.15, 0.2) is 0 Å². The predicted octanol–water partition coefficient (Wildman–Crippen LogP) is -0.0118. The summed E-state index contributed by atoms with van der Waals surface area (Å²) in [5.74, 6) is -0.682. The molecule has 2 fully saturated rings. The van der Waals surface area contributed by atoms with Crippen LogP contribution in [0.5, 0.6) is 0 Å². The third kappa shape index (κ3) is 4.97. The van der Waals surface area contributed by atoms with Gasteiger partial charge in [-0.05, 0) is 30.3 Å². The van der Waals surface area contributed by atoms with Crippen molar-refractivity contribution in [2.45, 2.75) is 0 Å². The predicted molar refractivity (Wildman–Crippen MR) is 110 cm³/mol. The van der Waals surface area contributed by atoms with Gasteiger partial charge in [0.1, 0.15) is 11.5 Å². The number of carbonyl (C=O) groups is 2. The normalized spacial score (nSPS) is 17.6. The number of nitrogens with zero attached hydrogens (tertiary/aromatic N) is 5. The van der Waals surface area contributed by atoms with Gasteiger partial charge in [0.2, 0.25) is 5.91 Å². The Morgan fingerprint density at radius 3 is 2.23 bits per heavy atom. The van der Waals surface area contributed by atoms with Crippen molar-refractivity contribution in [3.05, 3.63) is 58.3 Å². The molecule has 2 amide bonds. The minimum atomic E-state index is -0.426. The van der Waals surface area contributed by atoms with Crippen LogP contribution in [-0.2, 0) is 9.53 Å². The molecule has 0 unspecified atom stereocenters. The third-order valence-corrected chi connectivity index (χ3v) is 5.47. The molecule has 10 heteroatoms. The summed E-state index contributed by atoms with van der Waals surface area (Å²) in [5, 5.41) is 4.17. The highest BCUT2D eigenvalue weighted by atomic mass is 19.1. The first-order chi connectivity index (χ1) is 15.0. The molecule has 1 aromatic heterocycles. The number of aromatic nitrogens is 2. The number of hydrogen-bond acceptors (Lipinski definition) is 6. The van der Waals surface area contributed by atoms with Crippen LogP contribution in [0.25, 0.3) is 5.69 Å². The topological polar surface area (TPSA) is 88.0 Å². The van der Waals surface area contributed by atoms with Crippen LogP contribution in [0, 0.1) is 5.82 Å². The fraction of sp³-hybridized carbons (Fsp3) is 0.429. The van der Waals surface area contributed by atoms with Crippen LogP contribution >= 0.6 is 0 Å². The van der Waals surface area contributed by atoms with E-state index >= 15 is 0 Å². The lowest BCUT2D eigenvalue weighted by Gasteiger charge is -2.36. The SMILES string of the molecule is O=C(CN1CCOCC1)N1CCN(C(=O)c2ccc(=O)n(-c3ccc(F)cc3)n2)CC1. The fourth-order valence-electron chi connectivity index (χ4n) is 3.66. The molecule has 0 bridgehead atoms. The van der Waals surface area contributed by atoms with Crippen molar-refractivity contribution in [1.29, 1.82) is 0 Å². The quantitative estimate of drug-likeness (QED) is 0.679. The van der Waals surface area contributed by atoms with E-state index in [4.69, 9.17) is 4.74 Å². The maximum absolute atomic E-state index is 13.2. The van der Waals surface area contributed by atoms with E-state index in [1.54, 1.807) is 9.80 Å². The van der Waals surface area contributed by atoms with E-state index in [1.165, 1.54) is 36.4 Å². The van der Waals surface area contributed by atoms with Crippen molar-refractivity contribution in [3.8, 4) is 5.69 Å². The maximum Gasteiger partial charge on any atom is 0.274 e. The molecular weight excluding hydrogens is 405 g/mol. The molecule has 164 valence electrons. The Bertz CT molecular complexity index is 996. The molecule has 2 aliphatic rings. The standard InChI is InChI=1S/C21H24FN5O4/c22-16-1-3-17(4-2-16)27-19(28)6-5-18(23-27)21(30)26-9-7-25(8-10-26)20(29)15-24-11-13-31-14-12-24/h1-6H,7-15H2. The molecule has 0 N–H and O–H groups in total. The van der Waals surface area contributed by atoms with Gasteiger partial charge in [-0.1, -0.05) is 0 Å². The Kier molecular flexibility index (Phi) is 6.38. The first-order valence-electron chi connectivity index (χ1n) is 10.2. The molecule has 2 aromatic rings. The minimum absolute atomic E-state index is 0.0528. The molecule has 0 radical (unpaired) electrons. The number of halogens is 1. The van der Waals surface area contributed by atoms with Crippen LogP contribution in [0.1, 0.15) is 10.5 Å². The van der Waals surface area contributed by atoms with Crippen LogP contribution in [0.4, 0.5) is 4.39 Å². The van der Waals surface area contributed by atoms with E-state index in [2.05, 4.69) is 10.00 Å². The molecule has 0 atom stereocenters. The van der Waals surface area contributed by atoms with Gasteiger partial charge in [0.05, 0.1) is 25.4 Å². The monoisotopic (exact) mass is 429 g/mol. The van der Waals surface area contributed by atoms with E-state index in [0.29, 0.717) is 51.6 Å². The molecule has 0 aliphatic carbocycles. The molecule has 2 aliphatic heterocycles. The Morgan fingerprint density at radius 1 is 0.903 bits per heavy atom. The molecule has 0 spiro atoms. The lowest BCUT2D eigenvalue weighted by molar-refractivity contribution is -0.134. The van der Waals surface area contributed by atoms with Crippen molar-refractivity contribution in [2.24, 2.45) is 0 Å². The van der Waals surface area contributed by atoms with Crippen LogP contribution < -0.4 is 5.56 Å². The van der Waals surface area contributed by atoms with Gasteiger partial charge in [0.25, 0.3) is 11.5 Å². The number of ether oxygens (including phenoxy) is 1. The highest BCUT2D eigenvalue weighted by Crippen LogP contribution is 2.10. The van der Waals surface area contributed by atoms with Crippen molar-refractivity contribution in [1.82, 2.24) is 24.5 Å². The summed E-state index contributed by atoms with van der Waals surface area (Å²) in [6.07, 6.45) is 0. The molecule has 9 nitrogen and oxygen atoms in total. The molecular formula is C21H24FN5O4. The van der Waals surface area contributed by atoms with Crippen LogP contribution in [0.15, 0.2) is 41.2 Å². The first kappa shape index (κ1) is 21.1. The van der Waals surface area contributed by atoms with Crippen LogP contribution in [0.2, 0.25) is 0 Å². The molecule has 0 saturated carbocycles. The Labute approximate surface area is 178 Å². The van der Waals surface area contributed by atoms with Gasteiger partial charge < -0.3 is 14.5 Å². The van der Waals surface area contributed by atoms with Gasteiger partial charge in [-0.2, -0.15) is 9.78 Å². The number of morpholine rings is 1. The van der Waals surface area contributed by atoms with E-state index in [-0.39, 0.29) is 17.5 Å². The van der Waals surface area contributed by atoms with E-state index in [1.807, 2.05) is 0 Å². The zero-order valence-electron chi connectivity index (χ0n) is 17.1. The highest BCUT2D eigenvalue weighted by Gasteiger charge is 2.27. The smallest absolute Gasteiger partial charge is 0.274 e. The average molecular weight is 429 g/mol. The second-order valence-corrected chi connectivity index (χ2v) is 7.51. The van der Waals surface area contributed by atoms with E-state index < -0.39 is 11.4 Å². The Balaban J connectivity index is 1.38. The van der Waals surface area contributed by atoms with Crippen LogP contribution in [-0.4, -0.2) is 95.3 Å². The lowest BCUT2D eigenvalue weighted by Crippen LogP contribution is -2.53. The first-order valence-corrected chi connectivity index (χ1v) is 10.2. The fourth-order valence-corrected chi connectivity index (χ4v) is 3.66. The molecule has 1 aromatic carbocycles. The van der Waals surface area contributed by atoms with Gasteiger partial charge in [-0.3, -0.25) is 19.3 Å². The Morgan fingerprint density at radius 2 is 1.55 bits per heavy atom. The van der Waals surface area contributed by atoms with E-state index in [0.717, 1.165) is 17.8 Å². The van der Waals surface area contributed by atoms with E-state index in [9.17, 15) is 18.8 Å². The van der Waals surface area contributed by atoms with Crippen molar-refractivity contribution < 1.29 is 18.7 Å². The zero-order valence-corrected chi connectivity index (χ0v) is 17.1. The average Bonchev–Trinajstić information content (AvgIpc) is 2.80. The summed E-state index contributed by atoms with van der Waals surface area (Å²) in [6, 6.07) is 7.97. The second kappa shape index (κ2) is 9.36. The minimum Gasteiger partial charge on any atom is -0.379 e. The zero-order chi connectivity index (χ0) is 21.8. The number of benzene rings is 1. The number of piperazine rings is 1. The highest BCUT2D eigenvalue weighted by molar-refractivity contribution is 5.92. The number of amides is 2. The summed E-state index contributed by atoms with van der Waals surface area (Å²) >= 11 is 0. The third-order valence-electron chi connectivity index (χ3n) is 5.47. The molecule has 2 saturated heterocycles. The van der Waals surface area contributed by atoms with Crippen molar-refractivity contribution in [3.63, 3.8) is 0 Å². The largest absolute Gasteiger partial charge is 0.379 e. The summed E-state index contributed by atoms with van der Waals surface area (Å²) < 4.78 is 19.6.